The molecular weight excluding hydrogens is 683 g/mol. The molecule has 0 fully saturated rings. The predicted molar refractivity (Wildman–Crippen MR) is 218 cm³/mol. The van der Waals surface area contributed by atoms with Gasteiger partial charge in [0.25, 0.3) is 0 Å². The van der Waals surface area contributed by atoms with Crippen molar-refractivity contribution in [2.75, 3.05) is 0 Å². The monoisotopic (exact) mass is 711 g/mol. The fourth-order valence-electron chi connectivity index (χ4n) is 8.39. The average molecular weight is 712 g/mol. The van der Waals surface area contributed by atoms with Crippen LogP contribution in [0, 0.1) is 0 Å². The lowest BCUT2D eigenvalue weighted by Gasteiger charge is -2.39. The number of nitrogens with zero attached hydrogens (tertiary/aromatic N) is 3. The first-order valence-electron chi connectivity index (χ1n) is 17.8. The molecule has 1 unspecified atom stereocenters. The van der Waals surface area contributed by atoms with Crippen molar-refractivity contribution in [3.8, 4) is 56.4 Å². The third-order valence-electron chi connectivity index (χ3n) is 10.7. The maximum absolute atomic E-state index is 5.24. The topological polar surface area (TPSA) is 38.7 Å². The van der Waals surface area contributed by atoms with Crippen LogP contribution in [0.5, 0.6) is 0 Å². The first kappa shape index (κ1) is 30.5. The molecule has 248 valence electrons. The molecule has 1 spiro atoms. The van der Waals surface area contributed by atoms with Crippen LogP contribution in [0.2, 0.25) is 0 Å². The van der Waals surface area contributed by atoms with Crippen molar-refractivity contribution in [2.45, 2.75) is 15.2 Å². The van der Waals surface area contributed by atoms with Crippen LogP contribution < -0.4 is 0 Å². The summed E-state index contributed by atoms with van der Waals surface area (Å²) in [6, 6.07) is 61.0. The second-order valence-electron chi connectivity index (χ2n) is 13.5. The van der Waals surface area contributed by atoms with Crippen LogP contribution in [0.1, 0.15) is 22.3 Å². The largest absolute Gasteiger partial charge is 0.208 e. The number of rotatable bonds is 4. The fraction of sp³-hybridized carbons (Fsp3) is 0.0208. The molecule has 0 N–H and O–H groups in total. The molecule has 1 atom stereocenters. The highest BCUT2D eigenvalue weighted by atomic mass is 32.2. The van der Waals surface area contributed by atoms with Gasteiger partial charge in [-0.3, -0.25) is 0 Å². The number of hydrogen-bond donors (Lipinski definition) is 0. The van der Waals surface area contributed by atoms with Crippen LogP contribution in [0.15, 0.2) is 185 Å². The van der Waals surface area contributed by atoms with Crippen LogP contribution in [-0.2, 0) is 5.41 Å². The van der Waals surface area contributed by atoms with Gasteiger partial charge in [-0.25, -0.2) is 15.0 Å². The van der Waals surface area contributed by atoms with E-state index in [1.54, 1.807) is 0 Å². The first-order chi connectivity index (χ1) is 26.3. The molecule has 1 aliphatic heterocycles. The maximum atomic E-state index is 5.24. The highest BCUT2D eigenvalue weighted by Crippen LogP contribution is 2.63. The summed E-state index contributed by atoms with van der Waals surface area (Å²) < 4.78 is 1.31. The van der Waals surface area contributed by atoms with E-state index >= 15 is 0 Å². The van der Waals surface area contributed by atoms with Crippen LogP contribution in [0.3, 0.4) is 0 Å². The second-order valence-corrected chi connectivity index (χ2v) is 15.6. The van der Waals surface area contributed by atoms with Gasteiger partial charge >= 0.3 is 0 Å². The normalized spacial score (nSPS) is 15.2. The maximum Gasteiger partial charge on any atom is 0.164 e. The number of aromatic nitrogens is 3. The van der Waals surface area contributed by atoms with E-state index in [4.69, 9.17) is 15.0 Å². The molecule has 11 rings (SSSR count). The minimum Gasteiger partial charge on any atom is -0.208 e. The lowest BCUT2D eigenvalue weighted by atomic mass is 9.67. The lowest BCUT2D eigenvalue weighted by Crippen LogP contribution is -2.32. The third-order valence-corrected chi connectivity index (χ3v) is 12.7. The van der Waals surface area contributed by atoms with Crippen molar-refractivity contribution >= 4 is 33.2 Å². The Hall–Kier alpha value is -6.14. The Bertz CT molecular complexity index is 2880. The van der Waals surface area contributed by atoms with E-state index in [0.717, 1.165) is 27.8 Å². The zero-order chi connectivity index (χ0) is 34.9. The Morgan fingerprint density at radius 2 is 1.00 bits per heavy atom. The van der Waals surface area contributed by atoms with Crippen LogP contribution in [0.4, 0.5) is 0 Å². The minimum absolute atomic E-state index is 0.450. The van der Waals surface area contributed by atoms with Crippen molar-refractivity contribution in [1.29, 1.82) is 0 Å². The zero-order valence-corrected chi connectivity index (χ0v) is 30.0. The van der Waals surface area contributed by atoms with Gasteiger partial charge in [-0.1, -0.05) is 151 Å². The Morgan fingerprint density at radius 3 is 1.81 bits per heavy atom. The summed E-state index contributed by atoms with van der Waals surface area (Å²) in [7, 11) is 0. The van der Waals surface area contributed by atoms with E-state index in [1.807, 2.05) is 47.4 Å². The molecule has 0 amide bonds. The number of fused-ring (bicyclic) bond motifs is 10. The quantitative estimate of drug-likeness (QED) is 0.182. The van der Waals surface area contributed by atoms with Gasteiger partial charge in [0.2, 0.25) is 0 Å². The molecule has 2 aliphatic rings. The highest BCUT2D eigenvalue weighted by molar-refractivity contribution is 7.99. The summed E-state index contributed by atoms with van der Waals surface area (Å²) in [4.78, 5) is 18.0. The summed E-state index contributed by atoms with van der Waals surface area (Å²) in [5.74, 6) is 1.96. The molecule has 0 bridgehead atoms. The van der Waals surface area contributed by atoms with Crippen molar-refractivity contribution in [3.05, 3.63) is 197 Å². The van der Waals surface area contributed by atoms with Crippen molar-refractivity contribution in [3.63, 3.8) is 0 Å². The van der Waals surface area contributed by atoms with Gasteiger partial charge in [-0.2, -0.15) is 0 Å². The van der Waals surface area contributed by atoms with Gasteiger partial charge in [0.15, 0.2) is 17.5 Å². The predicted octanol–water partition coefficient (Wildman–Crippen LogP) is 12.6. The fourth-order valence-corrected chi connectivity index (χ4v) is 10.4. The van der Waals surface area contributed by atoms with Crippen molar-refractivity contribution in [1.82, 2.24) is 15.0 Å². The van der Waals surface area contributed by atoms with Crippen LogP contribution >= 0.6 is 23.1 Å². The minimum atomic E-state index is -0.450. The third kappa shape index (κ3) is 4.64. The Kier molecular flexibility index (Phi) is 6.88. The molecule has 7 aromatic carbocycles. The van der Waals surface area contributed by atoms with Gasteiger partial charge in [0.1, 0.15) is 0 Å². The van der Waals surface area contributed by atoms with E-state index in [1.165, 1.54) is 53.3 Å². The smallest absolute Gasteiger partial charge is 0.164 e. The van der Waals surface area contributed by atoms with Crippen molar-refractivity contribution < 1.29 is 0 Å². The molecule has 53 heavy (non-hydrogen) atoms. The first-order valence-corrected chi connectivity index (χ1v) is 19.5. The van der Waals surface area contributed by atoms with E-state index in [9.17, 15) is 0 Å². The zero-order valence-electron chi connectivity index (χ0n) is 28.4. The SMILES string of the molecule is c1ccc(-c2nc(-c3ccc4c(c3)Sc3ccccc3C43c4ccccc4-c4cc5ccsc5cc43)nc(-c3ccccc3-c3ccccc3)n2)cc1. The van der Waals surface area contributed by atoms with Crippen molar-refractivity contribution in [2.24, 2.45) is 0 Å². The molecule has 2 aromatic heterocycles. The summed E-state index contributed by atoms with van der Waals surface area (Å²) >= 11 is 3.65. The van der Waals surface area contributed by atoms with Crippen LogP contribution in [0.25, 0.3) is 66.5 Å². The molecule has 3 nitrogen and oxygen atoms in total. The van der Waals surface area contributed by atoms with E-state index < -0.39 is 5.41 Å². The summed E-state index contributed by atoms with van der Waals surface area (Å²) in [6.07, 6.45) is 0. The molecule has 0 radical (unpaired) electrons. The molecule has 0 saturated carbocycles. The summed E-state index contributed by atoms with van der Waals surface area (Å²) in [6.45, 7) is 0. The lowest BCUT2D eigenvalue weighted by molar-refractivity contribution is 0.723. The number of benzene rings is 7. The van der Waals surface area contributed by atoms with E-state index in [-0.39, 0.29) is 0 Å². The van der Waals surface area contributed by atoms with Gasteiger partial charge < -0.3 is 0 Å². The molecule has 5 heteroatoms. The summed E-state index contributed by atoms with van der Waals surface area (Å²) in [5.41, 5.74) is 12.6. The highest BCUT2D eigenvalue weighted by Gasteiger charge is 2.50. The Labute approximate surface area is 315 Å². The molecule has 1 aliphatic carbocycles. The number of thiophene rings is 1. The Balaban J connectivity index is 1.14. The molecule has 0 saturated heterocycles. The molecule has 3 heterocycles. The van der Waals surface area contributed by atoms with E-state index in [2.05, 4.69) is 151 Å². The standard InChI is InChI=1S/C48H29N3S2/c1-3-13-30(14-4-1)34-17-7-8-19-36(34)47-50-45(31-15-5-2-6-16-31)49-46(51-47)33-23-24-40-44(28-33)53-42-22-12-11-21-39(42)48(40)38-20-10-9-18-35(38)37-27-32-25-26-52-43(32)29-41(37)48/h1-29H. The Morgan fingerprint density at radius 1 is 0.377 bits per heavy atom. The van der Waals surface area contributed by atoms with E-state index in [0.29, 0.717) is 17.5 Å². The van der Waals surface area contributed by atoms with Gasteiger partial charge in [0, 0.05) is 31.2 Å². The van der Waals surface area contributed by atoms with Crippen LogP contribution in [-0.4, -0.2) is 15.0 Å². The van der Waals surface area contributed by atoms with Gasteiger partial charge in [-0.15, -0.1) is 11.3 Å². The van der Waals surface area contributed by atoms with Gasteiger partial charge in [-0.05, 0) is 85.6 Å². The van der Waals surface area contributed by atoms with Gasteiger partial charge in [0.05, 0.1) is 5.41 Å². The average Bonchev–Trinajstić information content (AvgIpc) is 3.81. The number of hydrogen-bond acceptors (Lipinski definition) is 5. The molecule has 9 aromatic rings. The second kappa shape index (κ2) is 12.0. The summed E-state index contributed by atoms with van der Waals surface area (Å²) in [5, 5.41) is 3.50. The molecular formula is C48H29N3S2.